The minimum atomic E-state index is 0. The van der Waals surface area contributed by atoms with E-state index < -0.39 is 0 Å². The number of aliphatic imine (C=N–C) groups is 1. The summed E-state index contributed by atoms with van der Waals surface area (Å²) in [5.74, 6) is 0.956. The van der Waals surface area contributed by atoms with Crippen LogP contribution in [0.1, 0.15) is 59.3 Å². The van der Waals surface area contributed by atoms with Gasteiger partial charge in [-0.3, -0.25) is 9.89 Å². The van der Waals surface area contributed by atoms with E-state index in [-0.39, 0.29) is 24.0 Å². The van der Waals surface area contributed by atoms with E-state index in [2.05, 4.69) is 41.3 Å². The van der Waals surface area contributed by atoms with Crippen LogP contribution in [0.3, 0.4) is 0 Å². The second-order valence-electron chi connectivity index (χ2n) is 5.92. The van der Waals surface area contributed by atoms with Gasteiger partial charge in [0.05, 0.1) is 0 Å². The summed E-state index contributed by atoms with van der Waals surface area (Å²) in [4.78, 5) is 6.90. The number of hydrogen-bond donors (Lipinski definition) is 2. The molecule has 0 spiro atoms. The van der Waals surface area contributed by atoms with Crippen LogP contribution >= 0.6 is 24.0 Å². The van der Waals surface area contributed by atoms with Gasteiger partial charge in [-0.05, 0) is 39.3 Å². The van der Waals surface area contributed by atoms with Gasteiger partial charge < -0.3 is 10.6 Å². The molecule has 0 bridgehead atoms. The van der Waals surface area contributed by atoms with Gasteiger partial charge in [0.2, 0.25) is 0 Å². The average Bonchev–Trinajstić information content (AvgIpc) is 2.91. The van der Waals surface area contributed by atoms with Gasteiger partial charge in [-0.2, -0.15) is 0 Å². The van der Waals surface area contributed by atoms with Gasteiger partial charge in [-0.15, -0.1) is 24.0 Å². The normalized spacial score (nSPS) is 21.0. The maximum absolute atomic E-state index is 4.34. The minimum absolute atomic E-state index is 0. The number of nitrogens with one attached hydrogen (secondary N) is 2. The Bertz CT molecular complexity index is 283. The standard InChI is InChI=1S/C16H34N4.HI/c1-5-7-8-10-14(3)19-16(17-4)18-13-15-11-9-12-20(15)6-2;/h14-15H,5-13H2,1-4H3,(H2,17,18,19);1H. The number of unbranched alkanes of at least 4 members (excludes halogenated alkanes) is 2. The first-order valence-electron chi connectivity index (χ1n) is 8.42. The predicted molar refractivity (Wildman–Crippen MR) is 104 cm³/mol. The smallest absolute Gasteiger partial charge is 0.191 e. The summed E-state index contributed by atoms with van der Waals surface area (Å²) in [6.45, 7) is 10.2. The molecule has 5 heteroatoms. The SMILES string of the molecule is CCCCCC(C)NC(=NC)NCC1CCCN1CC.I. The summed E-state index contributed by atoms with van der Waals surface area (Å²) < 4.78 is 0. The molecule has 1 fully saturated rings. The van der Waals surface area contributed by atoms with Crippen LogP contribution < -0.4 is 10.6 Å². The fraction of sp³-hybridized carbons (Fsp3) is 0.938. The van der Waals surface area contributed by atoms with E-state index in [1.165, 1.54) is 45.1 Å². The molecule has 2 N–H and O–H groups in total. The zero-order valence-corrected chi connectivity index (χ0v) is 16.7. The van der Waals surface area contributed by atoms with Crippen molar-refractivity contribution in [1.82, 2.24) is 15.5 Å². The Kier molecular flexibility index (Phi) is 12.5. The summed E-state index contributed by atoms with van der Waals surface area (Å²) in [5, 5.41) is 7.00. The molecule has 1 rings (SSSR count). The maximum Gasteiger partial charge on any atom is 0.191 e. The van der Waals surface area contributed by atoms with Crippen molar-refractivity contribution >= 4 is 29.9 Å². The van der Waals surface area contributed by atoms with Crippen molar-refractivity contribution in [2.45, 2.75) is 71.4 Å². The molecule has 21 heavy (non-hydrogen) atoms. The van der Waals surface area contributed by atoms with E-state index >= 15 is 0 Å². The van der Waals surface area contributed by atoms with Crippen LogP contribution in [0.4, 0.5) is 0 Å². The molecule has 0 aromatic heterocycles. The van der Waals surface area contributed by atoms with Crippen LogP contribution in [0.15, 0.2) is 4.99 Å². The zero-order chi connectivity index (χ0) is 14.8. The van der Waals surface area contributed by atoms with E-state index in [1.54, 1.807) is 0 Å². The molecule has 0 aromatic carbocycles. The van der Waals surface area contributed by atoms with Gasteiger partial charge >= 0.3 is 0 Å². The van der Waals surface area contributed by atoms with Crippen molar-refractivity contribution in [3.05, 3.63) is 0 Å². The lowest BCUT2D eigenvalue weighted by Crippen LogP contribution is -2.47. The number of halogens is 1. The zero-order valence-electron chi connectivity index (χ0n) is 14.3. The molecule has 0 amide bonds. The lowest BCUT2D eigenvalue weighted by Gasteiger charge is -2.25. The summed E-state index contributed by atoms with van der Waals surface area (Å²) >= 11 is 0. The van der Waals surface area contributed by atoms with Crippen LogP contribution in [-0.4, -0.2) is 49.6 Å². The van der Waals surface area contributed by atoms with Crippen molar-refractivity contribution in [1.29, 1.82) is 0 Å². The van der Waals surface area contributed by atoms with Gasteiger partial charge in [-0.25, -0.2) is 0 Å². The summed E-state index contributed by atoms with van der Waals surface area (Å²) in [6.07, 6.45) is 7.77. The minimum Gasteiger partial charge on any atom is -0.355 e. The molecule has 1 saturated heterocycles. The highest BCUT2D eigenvalue weighted by Gasteiger charge is 2.22. The van der Waals surface area contributed by atoms with Crippen LogP contribution in [0.5, 0.6) is 0 Å². The highest BCUT2D eigenvalue weighted by Crippen LogP contribution is 2.15. The maximum atomic E-state index is 4.34. The van der Waals surface area contributed by atoms with Crippen molar-refractivity contribution in [2.24, 2.45) is 4.99 Å². The molecule has 0 aromatic rings. The van der Waals surface area contributed by atoms with Crippen molar-refractivity contribution in [2.75, 3.05) is 26.7 Å². The monoisotopic (exact) mass is 410 g/mol. The lowest BCUT2D eigenvalue weighted by molar-refractivity contribution is 0.267. The Labute approximate surface area is 148 Å². The first-order chi connectivity index (χ1) is 9.71. The molecule has 1 aliphatic rings. The Balaban J connectivity index is 0.00000400. The van der Waals surface area contributed by atoms with E-state index in [0.29, 0.717) is 12.1 Å². The number of nitrogens with zero attached hydrogens (tertiary/aromatic N) is 2. The molecule has 0 saturated carbocycles. The Morgan fingerprint density at radius 3 is 2.71 bits per heavy atom. The molecule has 126 valence electrons. The van der Waals surface area contributed by atoms with Gasteiger partial charge in [0.15, 0.2) is 5.96 Å². The first-order valence-corrected chi connectivity index (χ1v) is 8.42. The van der Waals surface area contributed by atoms with Crippen molar-refractivity contribution in [3.63, 3.8) is 0 Å². The number of likely N-dealkylation sites (tertiary alicyclic amines) is 1. The lowest BCUT2D eigenvalue weighted by atomic mass is 10.1. The Hall–Kier alpha value is -0.0400. The number of guanidine groups is 1. The van der Waals surface area contributed by atoms with Crippen molar-refractivity contribution in [3.8, 4) is 0 Å². The van der Waals surface area contributed by atoms with Crippen LogP contribution in [0.25, 0.3) is 0 Å². The topological polar surface area (TPSA) is 39.7 Å². The molecular formula is C16H35IN4. The third-order valence-electron chi connectivity index (χ3n) is 4.26. The van der Waals surface area contributed by atoms with E-state index in [1.807, 2.05) is 7.05 Å². The van der Waals surface area contributed by atoms with Gasteiger partial charge in [0, 0.05) is 25.7 Å². The number of likely N-dealkylation sites (N-methyl/N-ethyl adjacent to an activating group) is 1. The Morgan fingerprint density at radius 2 is 2.10 bits per heavy atom. The molecule has 2 unspecified atom stereocenters. The number of rotatable bonds is 8. The predicted octanol–water partition coefficient (Wildman–Crippen LogP) is 3.22. The molecule has 0 radical (unpaired) electrons. The first kappa shape index (κ1) is 21.0. The van der Waals surface area contributed by atoms with Crippen LogP contribution in [-0.2, 0) is 0 Å². The van der Waals surface area contributed by atoms with Gasteiger partial charge in [0.25, 0.3) is 0 Å². The Morgan fingerprint density at radius 1 is 1.33 bits per heavy atom. The molecule has 4 nitrogen and oxygen atoms in total. The summed E-state index contributed by atoms with van der Waals surface area (Å²) in [6, 6.07) is 1.17. The van der Waals surface area contributed by atoms with E-state index in [4.69, 9.17) is 0 Å². The molecule has 0 aliphatic carbocycles. The van der Waals surface area contributed by atoms with Gasteiger partial charge in [-0.1, -0.05) is 33.1 Å². The van der Waals surface area contributed by atoms with Crippen molar-refractivity contribution < 1.29 is 0 Å². The second kappa shape index (κ2) is 12.5. The van der Waals surface area contributed by atoms with Crippen LogP contribution in [0, 0.1) is 0 Å². The highest BCUT2D eigenvalue weighted by molar-refractivity contribution is 14.0. The quantitative estimate of drug-likeness (QED) is 0.279. The summed E-state index contributed by atoms with van der Waals surface area (Å²) in [7, 11) is 1.86. The largest absolute Gasteiger partial charge is 0.355 e. The fourth-order valence-corrected chi connectivity index (χ4v) is 2.96. The van der Waals surface area contributed by atoms with Crippen LogP contribution in [0.2, 0.25) is 0 Å². The van der Waals surface area contributed by atoms with E-state index in [9.17, 15) is 0 Å². The summed E-state index contributed by atoms with van der Waals surface area (Å²) in [5.41, 5.74) is 0. The average molecular weight is 410 g/mol. The highest BCUT2D eigenvalue weighted by atomic mass is 127. The molecule has 2 atom stereocenters. The van der Waals surface area contributed by atoms with E-state index in [0.717, 1.165) is 19.0 Å². The third-order valence-corrected chi connectivity index (χ3v) is 4.26. The molecule has 1 aliphatic heterocycles. The third kappa shape index (κ3) is 8.24. The molecular weight excluding hydrogens is 375 g/mol. The van der Waals surface area contributed by atoms with Gasteiger partial charge in [0.1, 0.15) is 0 Å². The second-order valence-corrected chi connectivity index (χ2v) is 5.92. The fourth-order valence-electron chi connectivity index (χ4n) is 2.96. The number of hydrogen-bond acceptors (Lipinski definition) is 2. The molecule has 1 heterocycles.